The predicted molar refractivity (Wildman–Crippen MR) is 84.0 cm³/mol. The zero-order chi connectivity index (χ0) is 14.7. The zero-order valence-electron chi connectivity index (χ0n) is 11.2. The Balaban J connectivity index is 2.14. The average Bonchev–Trinajstić information content (AvgIpc) is 2.87. The topological polar surface area (TPSA) is 83.3 Å². The SMILES string of the molecule is NC(=O)N/N=C\c1c(-c2ccccc2)[nH]c2ccccc12. The lowest BCUT2D eigenvalue weighted by Gasteiger charge is -2.00. The number of amides is 2. The van der Waals surface area contributed by atoms with Crippen LogP contribution in [0.3, 0.4) is 0 Å². The second kappa shape index (κ2) is 5.50. The molecule has 0 aliphatic heterocycles. The van der Waals surface area contributed by atoms with Crippen LogP contribution in [-0.2, 0) is 0 Å². The monoisotopic (exact) mass is 278 g/mol. The lowest BCUT2D eigenvalue weighted by molar-refractivity contribution is 0.249. The third kappa shape index (κ3) is 2.62. The molecule has 5 nitrogen and oxygen atoms in total. The molecule has 0 atom stereocenters. The summed E-state index contributed by atoms with van der Waals surface area (Å²) in [5.74, 6) is 0. The van der Waals surface area contributed by atoms with Crippen molar-refractivity contribution in [3.63, 3.8) is 0 Å². The number of primary amides is 1. The number of nitrogens with one attached hydrogen (secondary N) is 2. The van der Waals surface area contributed by atoms with Crippen LogP contribution in [0.15, 0.2) is 59.7 Å². The van der Waals surface area contributed by atoms with Crippen molar-refractivity contribution < 1.29 is 4.79 Å². The van der Waals surface area contributed by atoms with Gasteiger partial charge in [0.15, 0.2) is 0 Å². The standard InChI is InChI=1S/C16H14N4O/c17-16(21)20-18-10-13-12-8-4-5-9-14(12)19-15(13)11-6-2-1-3-7-11/h1-10,19H,(H3,17,20,21)/b18-10-. The molecule has 3 aromatic rings. The lowest BCUT2D eigenvalue weighted by atomic mass is 10.1. The summed E-state index contributed by atoms with van der Waals surface area (Å²) in [7, 11) is 0. The predicted octanol–water partition coefficient (Wildman–Crippen LogP) is 2.84. The number of hydrogen-bond donors (Lipinski definition) is 3. The number of rotatable bonds is 3. The van der Waals surface area contributed by atoms with Crippen LogP contribution in [0.5, 0.6) is 0 Å². The van der Waals surface area contributed by atoms with Gasteiger partial charge in [0.2, 0.25) is 0 Å². The number of nitrogens with zero attached hydrogens (tertiary/aromatic N) is 1. The van der Waals surface area contributed by atoms with E-state index in [1.807, 2.05) is 54.6 Å². The normalized spacial score (nSPS) is 11.0. The average molecular weight is 278 g/mol. The number of fused-ring (bicyclic) bond motifs is 1. The second-order valence-electron chi connectivity index (χ2n) is 4.56. The number of aromatic nitrogens is 1. The molecular formula is C16H14N4O. The highest BCUT2D eigenvalue weighted by Gasteiger charge is 2.10. The molecule has 0 bridgehead atoms. The molecule has 104 valence electrons. The number of hydrogen-bond acceptors (Lipinski definition) is 2. The Morgan fingerprint density at radius 1 is 1.10 bits per heavy atom. The largest absolute Gasteiger partial charge is 0.354 e. The first-order valence-electron chi connectivity index (χ1n) is 6.50. The van der Waals surface area contributed by atoms with E-state index in [2.05, 4.69) is 15.5 Å². The molecule has 0 saturated heterocycles. The van der Waals surface area contributed by atoms with Crippen LogP contribution in [0.4, 0.5) is 4.79 Å². The Morgan fingerprint density at radius 2 is 1.81 bits per heavy atom. The molecule has 0 aliphatic carbocycles. The Bertz CT molecular complexity index is 806. The van der Waals surface area contributed by atoms with E-state index in [-0.39, 0.29) is 0 Å². The maximum absolute atomic E-state index is 10.7. The van der Waals surface area contributed by atoms with Gasteiger partial charge in [-0.05, 0) is 11.6 Å². The van der Waals surface area contributed by atoms with Crippen LogP contribution in [0.2, 0.25) is 0 Å². The molecule has 0 saturated carbocycles. The van der Waals surface area contributed by atoms with Gasteiger partial charge in [-0.2, -0.15) is 5.10 Å². The van der Waals surface area contributed by atoms with Gasteiger partial charge in [-0.25, -0.2) is 10.2 Å². The molecule has 0 aliphatic rings. The molecule has 3 rings (SSSR count). The number of carbonyl (C=O) groups is 1. The fourth-order valence-corrected chi connectivity index (χ4v) is 2.29. The molecule has 1 aromatic heterocycles. The van der Waals surface area contributed by atoms with E-state index in [1.165, 1.54) is 0 Å². The van der Waals surface area contributed by atoms with E-state index < -0.39 is 6.03 Å². The molecule has 4 N–H and O–H groups in total. The zero-order valence-corrected chi connectivity index (χ0v) is 11.2. The first-order chi connectivity index (χ1) is 10.3. The highest BCUT2D eigenvalue weighted by atomic mass is 16.2. The minimum absolute atomic E-state index is 0.688. The van der Waals surface area contributed by atoms with Gasteiger partial charge in [-0.1, -0.05) is 48.5 Å². The van der Waals surface area contributed by atoms with Gasteiger partial charge >= 0.3 is 6.03 Å². The van der Waals surface area contributed by atoms with Crippen molar-refractivity contribution in [1.82, 2.24) is 10.4 Å². The second-order valence-corrected chi connectivity index (χ2v) is 4.56. The van der Waals surface area contributed by atoms with Gasteiger partial charge in [-0.3, -0.25) is 0 Å². The van der Waals surface area contributed by atoms with E-state index in [9.17, 15) is 4.79 Å². The number of urea groups is 1. The van der Waals surface area contributed by atoms with E-state index in [0.717, 1.165) is 27.7 Å². The van der Waals surface area contributed by atoms with E-state index in [4.69, 9.17) is 5.73 Å². The number of aromatic amines is 1. The number of carbonyl (C=O) groups excluding carboxylic acids is 1. The highest BCUT2D eigenvalue weighted by molar-refractivity contribution is 6.06. The van der Waals surface area contributed by atoms with Crippen molar-refractivity contribution >= 4 is 23.1 Å². The van der Waals surface area contributed by atoms with Crippen molar-refractivity contribution in [1.29, 1.82) is 0 Å². The molecule has 0 spiro atoms. The molecule has 1 heterocycles. The van der Waals surface area contributed by atoms with Gasteiger partial charge in [0.25, 0.3) is 0 Å². The number of hydrazone groups is 1. The van der Waals surface area contributed by atoms with Crippen LogP contribution < -0.4 is 11.2 Å². The number of para-hydroxylation sites is 1. The Hall–Kier alpha value is -3.08. The highest BCUT2D eigenvalue weighted by Crippen LogP contribution is 2.28. The number of nitrogens with two attached hydrogens (primary N) is 1. The van der Waals surface area contributed by atoms with E-state index >= 15 is 0 Å². The Labute approximate surface area is 121 Å². The van der Waals surface area contributed by atoms with Crippen molar-refractivity contribution in [3.05, 3.63) is 60.2 Å². The third-order valence-electron chi connectivity index (χ3n) is 3.18. The summed E-state index contributed by atoms with van der Waals surface area (Å²) in [6.07, 6.45) is 1.60. The summed E-state index contributed by atoms with van der Waals surface area (Å²) >= 11 is 0. The first kappa shape index (κ1) is 12.9. The summed E-state index contributed by atoms with van der Waals surface area (Å²) in [6, 6.07) is 17.2. The fourth-order valence-electron chi connectivity index (χ4n) is 2.29. The van der Waals surface area contributed by atoms with Crippen LogP contribution in [0, 0.1) is 0 Å². The van der Waals surface area contributed by atoms with Gasteiger partial charge in [0.05, 0.1) is 11.9 Å². The minimum Gasteiger partial charge on any atom is -0.354 e. The van der Waals surface area contributed by atoms with Gasteiger partial charge in [-0.15, -0.1) is 0 Å². The molecule has 0 fully saturated rings. The van der Waals surface area contributed by atoms with Crippen molar-refractivity contribution in [3.8, 4) is 11.3 Å². The van der Waals surface area contributed by atoms with E-state index in [1.54, 1.807) is 6.21 Å². The Morgan fingerprint density at radius 3 is 2.57 bits per heavy atom. The number of benzene rings is 2. The smallest absolute Gasteiger partial charge is 0.332 e. The molecule has 21 heavy (non-hydrogen) atoms. The summed E-state index contributed by atoms with van der Waals surface area (Å²) in [5.41, 5.74) is 11.2. The summed E-state index contributed by atoms with van der Waals surface area (Å²) < 4.78 is 0. The fraction of sp³-hybridized carbons (Fsp3) is 0. The van der Waals surface area contributed by atoms with Crippen LogP contribution in [0.1, 0.15) is 5.56 Å². The van der Waals surface area contributed by atoms with Gasteiger partial charge in [0.1, 0.15) is 0 Å². The summed E-state index contributed by atoms with van der Waals surface area (Å²) in [6.45, 7) is 0. The minimum atomic E-state index is -0.688. The number of H-pyrrole nitrogens is 1. The van der Waals surface area contributed by atoms with E-state index in [0.29, 0.717) is 0 Å². The molecule has 2 aromatic carbocycles. The Kier molecular flexibility index (Phi) is 3.39. The van der Waals surface area contributed by atoms with Crippen LogP contribution in [-0.4, -0.2) is 17.2 Å². The van der Waals surface area contributed by atoms with Crippen molar-refractivity contribution in [2.24, 2.45) is 10.8 Å². The maximum Gasteiger partial charge on any atom is 0.332 e. The molecule has 5 heteroatoms. The van der Waals surface area contributed by atoms with Gasteiger partial charge < -0.3 is 10.7 Å². The third-order valence-corrected chi connectivity index (χ3v) is 3.18. The van der Waals surface area contributed by atoms with Gasteiger partial charge in [0, 0.05) is 16.5 Å². The molecule has 0 radical (unpaired) electrons. The molecule has 0 unspecified atom stereocenters. The summed E-state index contributed by atoms with van der Waals surface area (Å²) in [4.78, 5) is 14.1. The van der Waals surface area contributed by atoms with Crippen LogP contribution >= 0.6 is 0 Å². The molecule has 2 amide bonds. The van der Waals surface area contributed by atoms with Crippen LogP contribution in [0.25, 0.3) is 22.2 Å². The quantitative estimate of drug-likeness (QED) is 0.499. The van der Waals surface area contributed by atoms with Crippen molar-refractivity contribution in [2.45, 2.75) is 0 Å². The molecular weight excluding hydrogens is 264 g/mol. The maximum atomic E-state index is 10.7. The first-order valence-corrected chi connectivity index (χ1v) is 6.50. The van der Waals surface area contributed by atoms with Crippen molar-refractivity contribution in [2.75, 3.05) is 0 Å². The summed E-state index contributed by atoms with van der Waals surface area (Å²) in [5, 5.41) is 4.91. The lowest BCUT2D eigenvalue weighted by Crippen LogP contribution is -2.24.